The van der Waals surface area contributed by atoms with Crippen LogP contribution in [0.5, 0.6) is 5.75 Å². The fourth-order valence-corrected chi connectivity index (χ4v) is 3.42. The SMILES string of the molecule is CS(=O)(=O)c1csc(-c2c(O)cccc2C(N)=O)n1. The Morgan fingerprint density at radius 3 is 2.63 bits per heavy atom. The first-order valence-corrected chi connectivity index (χ1v) is 7.85. The van der Waals surface area contributed by atoms with Gasteiger partial charge in [-0.3, -0.25) is 4.79 Å². The molecule has 100 valence electrons. The van der Waals surface area contributed by atoms with Crippen LogP contribution in [0.1, 0.15) is 10.4 Å². The lowest BCUT2D eigenvalue weighted by Gasteiger charge is -2.05. The summed E-state index contributed by atoms with van der Waals surface area (Å²) in [5.41, 5.74) is 5.46. The lowest BCUT2D eigenvalue weighted by atomic mass is 10.1. The van der Waals surface area contributed by atoms with Crippen molar-refractivity contribution in [1.29, 1.82) is 0 Å². The number of phenols is 1. The number of primary amides is 1. The van der Waals surface area contributed by atoms with Crippen LogP contribution >= 0.6 is 11.3 Å². The van der Waals surface area contributed by atoms with E-state index in [0.717, 1.165) is 17.6 Å². The van der Waals surface area contributed by atoms with E-state index in [1.165, 1.54) is 23.6 Å². The molecule has 0 aliphatic rings. The zero-order chi connectivity index (χ0) is 14.2. The minimum Gasteiger partial charge on any atom is -0.507 e. The Labute approximate surface area is 113 Å². The number of aromatic hydroxyl groups is 1. The summed E-state index contributed by atoms with van der Waals surface area (Å²) in [5, 5.41) is 11.3. The zero-order valence-electron chi connectivity index (χ0n) is 9.82. The van der Waals surface area contributed by atoms with Crippen LogP contribution in [0.4, 0.5) is 0 Å². The molecule has 0 saturated heterocycles. The molecule has 2 rings (SSSR count). The number of nitrogens with zero attached hydrogens (tertiary/aromatic N) is 1. The lowest BCUT2D eigenvalue weighted by Crippen LogP contribution is -2.12. The number of carbonyl (C=O) groups is 1. The van der Waals surface area contributed by atoms with Crippen molar-refractivity contribution in [3.63, 3.8) is 0 Å². The van der Waals surface area contributed by atoms with E-state index in [9.17, 15) is 18.3 Å². The molecule has 1 heterocycles. The summed E-state index contributed by atoms with van der Waals surface area (Å²) >= 11 is 1.02. The number of phenolic OH excluding ortho intramolecular Hbond substituents is 1. The number of benzene rings is 1. The van der Waals surface area contributed by atoms with Gasteiger partial charge < -0.3 is 10.8 Å². The van der Waals surface area contributed by atoms with Gasteiger partial charge in [0.05, 0.1) is 11.1 Å². The summed E-state index contributed by atoms with van der Waals surface area (Å²) in [5.74, 6) is -0.896. The summed E-state index contributed by atoms with van der Waals surface area (Å²) in [6, 6.07) is 4.30. The topological polar surface area (TPSA) is 110 Å². The Morgan fingerprint density at radius 1 is 1.42 bits per heavy atom. The average molecular weight is 298 g/mol. The number of nitrogens with two attached hydrogens (primary N) is 1. The first kappa shape index (κ1) is 13.5. The van der Waals surface area contributed by atoms with E-state index in [0.29, 0.717) is 0 Å². The van der Waals surface area contributed by atoms with Gasteiger partial charge in [0.15, 0.2) is 14.9 Å². The van der Waals surface area contributed by atoms with Gasteiger partial charge in [0.1, 0.15) is 10.8 Å². The van der Waals surface area contributed by atoms with Crippen LogP contribution in [-0.4, -0.2) is 30.7 Å². The Kier molecular flexibility index (Phi) is 3.29. The standard InChI is InChI=1S/C11H10N2O4S2/c1-19(16,17)8-5-18-11(13-8)9-6(10(12)15)3-2-4-7(9)14/h2-5,14H,1H3,(H2,12,15). The fraction of sp³-hybridized carbons (Fsp3) is 0.0909. The van der Waals surface area contributed by atoms with Gasteiger partial charge in [0, 0.05) is 11.6 Å². The van der Waals surface area contributed by atoms with Gasteiger partial charge in [-0.25, -0.2) is 13.4 Å². The van der Waals surface area contributed by atoms with Crippen molar-refractivity contribution in [1.82, 2.24) is 4.98 Å². The molecule has 6 nitrogen and oxygen atoms in total. The number of aromatic nitrogens is 1. The number of sulfone groups is 1. The van der Waals surface area contributed by atoms with Gasteiger partial charge in [0.25, 0.3) is 0 Å². The minimum absolute atomic E-state index is 0.0920. The molecule has 1 aromatic heterocycles. The molecule has 0 radical (unpaired) electrons. The molecule has 0 fully saturated rings. The molecule has 8 heteroatoms. The highest BCUT2D eigenvalue weighted by atomic mass is 32.2. The maximum absolute atomic E-state index is 11.4. The summed E-state index contributed by atoms with van der Waals surface area (Å²) in [4.78, 5) is 15.2. The molecular formula is C11H10N2O4S2. The average Bonchev–Trinajstić information content (AvgIpc) is 2.77. The van der Waals surface area contributed by atoms with Gasteiger partial charge in [0.2, 0.25) is 5.91 Å². The normalized spacial score (nSPS) is 11.4. The lowest BCUT2D eigenvalue weighted by molar-refractivity contribution is 0.100. The van der Waals surface area contributed by atoms with Crippen LogP contribution in [0, 0.1) is 0 Å². The number of hydrogen-bond acceptors (Lipinski definition) is 6. The molecule has 0 unspecified atom stereocenters. The predicted molar refractivity (Wildman–Crippen MR) is 70.8 cm³/mol. The van der Waals surface area contributed by atoms with E-state index in [-0.39, 0.29) is 26.9 Å². The van der Waals surface area contributed by atoms with Crippen LogP contribution in [0.25, 0.3) is 10.6 Å². The maximum Gasteiger partial charge on any atom is 0.249 e. The third-order valence-corrected chi connectivity index (χ3v) is 4.36. The molecule has 1 aromatic carbocycles. The second-order valence-corrected chi connectivity index (χ2v) is 6.65. The van der Waals surface area contributed by atoms with Crippen molar-refractivity contribution in [3.8, 4) is 16.3 Å². The molecular weight excluding hydrogens is 288 g/mol. The van der Waals surface area contributed by atoms with Crippen molar-refractivity contribution < 1.29 is 18.3 Å². The Hall–Kier alpha value is -1.93. The summed E-state index contributed by atoms with van der Waals surface area (Å²) in [7, 11) is -3.43. The van der Waals surface area contributed by atoms with Gasteiger partial charge in [-0.1, -0.05) is 6.07 Å². The molecule has 0 spiro atoms. The van der Waals surface area contributed by atoms with Crippen molar-refractivity contribution in [2.24, 2.45) is 5.73 Å². The van der Waals surface area contributed by atoms with Crippen molar-refractivity contribution in [2.45, 2.75) is 5.03 Å². The van der Waals surface area contributed by atoms with Gasteiger partial charge in [-0.05, 0) is 12.1 Å². The number of amides is 1. The van der Waals surface area contributed by atoms with Crippen LogP contribution in [0.2, 0.25) is 0 Å². The third-order valence-electron chi connectivity index (χ3n) is 2.38. The quantitative estimate of drug-likeness (QED) is 0.879. The van der Waals surface area contributed by atoms with E-state index in [1.54, 1.807) is 0 Å². The van der Waals surface area contributed by atoms with E-state index >= 15 is 0 Å². The molecule has 1 amide bonds. The first-order chi connectivity index (χ1) is 8.80. The first-order valence-electron chi connectivity index (χ1n) is 5.08. The highest BCUT2D eigenvalue weighted by Gasteiger charge is 2.19. The molecule has 2 aromatic rings. The van der Waals surface area contributed by atoms with E-state index in [2.05, 4.69) is 4.98 Å². The molecule has 0 aliphatic heterocycles. The maximum atomic E-state index is 11.4. The zero-order valence-corrected chi connectivity index (χ0v) is 11.5. The second-order valence-electron chi connectivity index (χ2n) is 3.83. The summed E-state index contributed by atoms with van der Waals surface area (Å²) < 4.78 is 22.7. The molecule has 0 saturated carbocycles. The van der Waals surface area contributed by atoms with Crippen LogP contribution in [-0.2, 0) is 9.84 Å². The largest absolute Gasteiger partial charge is 0.507 e. The third kappa shape index (κ3) is 2.59. The Morgan fingerprint density at radius 2 is 2.11 bits per heavy atom. The highest BCUT2D eigenvalue weighted by molar-refractivity contribution is 7.90. The Balaban J connectivity index is 2.66. The molecule has 0 aliphatic carbocycles. The number of hydrogen-bond donors (Lipinski definition) is 2. The van der Waals surface area contributed by atoms with Gasteiger partial charge in [-0.2, -0.15) is 0 Å². The molecule has 0 bridgehead atoms. The van der Waals surface area contributed by atoms with Crippen molar-refractivity contribution in [2.75, 3.05) is 6.26 Å². The van der Waals surface area contributed by atoms with Crippen LogP contribution in [0.3, 0.4) is 0 Å². The summed E-state index contributed by atoms with van der Waals surface area (Å²) in [6.45, 7) is 0. The predicted octanol–water partition coefficient (Wildman–Crippen LogP) is 1.02. The van der Waals surface area contributed by atoms with Gasteiger partial charge >= 0.3 is 0 Å². The molecule has 0 atom stereocenters. The van der Waals surface area contributed by atoms with E-state index < -0.39 is 15.7 Å². The van der Waals surface area contributed by atoms with Crippen molar-refractivity contribution >= 4 is 27.1 Å². The van der Waals surface area contributed by atoms with Crippen LogP contribution in [0.15, 0.2) is 28.6 Å². The van der Waals surface area contributed by atoms with Crippen LogP contribution < -0.4 is 5.73 Å². The van der Waals surface area contributed by atoms with Crippen molar-refractivity contribution in [3.05, 3.63) is 29.1 Å². The second kappa shape index (κ2) is 4.63. The van der Waals surface area contributed by atoms with E-state index in [4.69, 9.17) is 5.73 Å². The van der Waals surface area contributed by atoms with Gasteiger partial charge in [-0.15, -0.1) is 11.3 Å². The smallest absolute Gasteiger partial charge is 0.249 e. The van der Waals surface area contributed by atoms with E-state index in [1.807, 2.05) is 0 Å². The number of rotatable bonds is 3. The number of thiazole rings is 1. The summed E-state index contributed by atoms with van der Waals surface area (Å²) in [6.07, 6.45) is 1.03. The highest BCUT2D eigenvalue weighted by Crippen LogP contribution is 2.35. The monoisotopic (exact) mass is 298 g/mol. The fourth-order valence-electron chi connectivity index (χ4n) is 1.51. The molecule has 19 heavy (non-hydrogen) atoms. The molecule has 3 N–H and O–H groups in total. The number of carbonyl (C=O) groups excluding carboxylic acids is 1. The minimum atomic E-state index is -3.43. The Bertz CT molecular complexity index is 750.